The molecule has 0 atom stereocenters. The van der Waals surface area contributed by atoms with Gasteiger partial charge in [-0.05, 0) is 57.3 Å². The second-order valence-corrected chi connectivity index (χ2v) is 5.43. The van der Waals surface area contributed by atoms with Crippen LogP contribution in [0, 0.1) is 4.77 Å². The minimum Gasteiger partial charge on any atom is -0.492 e. The van der Waals surface area contributed by atoms with Crippen LogP contribution in [-0.2, 0) is 6.54 Å². The standard InChI is InChI=1S/C16H25N3OS/c1-4-18(5-2)11-8-12-19-13-9-7-10-14(20-6-3)15(13)17-16(19)21/h7,9-10H,4-6,8,11-12H2,1-3H3,(H,17,21). The van der Waals surface area contributed by atoms with E-state index in [9.17, 15) is 0 Å². The molecule has 0 spiro atoms. The third-order valence-electron chi connectivity index (χ3n) is 3.82. The van der Waals surface area contributed by atoms with Crippen molar-refractivity contribution in [1.29, 1.82) is 0 Å². The number of aryl methyl sites for hydroxylation is 1. The Morgan fingerprint density at radius 1 is 1.24 bits per heavy atom. The number of hydrogen-bond acceptors (Lipinski definition) is 3. The number of aromatic nitrogens is 2. The normalized spacial score (nSPS) is 11.4. The van der Waals surface area contributed by atoms with Gasteiger partial charge in [-0.2, -0.15) is 0 Å². The predicted molar refractivity (Wildman–Crippen MR) is 90.7 cm³/mol. The number of rotatable bonds is 8. The van der Waals surface area contributed by atoms with Gasteiger partial charge in [-0.15, -0.1) is 0 Å². The van der Waals surface area contributed by atoms with Gasteiger partial charge in [0.05, 0.1) is 12.1 Å². The summed E-state index contributed by atoms with van der Waals surface area (Å²) in [6.07, 6.45) is 1.10. The number of aromatic amines is 1. The van der Waals surface area contributed by atoms with Gasteiger partial charge in [-0.3, -0.25) is 0 Å². The molecule has 2 rings (SSSR count). The SMILES string of the molecule is CCOc1cccc2c1[nH]c(=S)n2CCCN(CC)CC. The summed E-state index contributed by atoms with van der Waals surface area (Å²) in [5, 5.41) is 0. The number of H-pyrrole nitrogens is 1. The van der Waals surface area contributed by atoms with E-state index in [2.05, 4.69) is 34.4 Å². The molecular weight excluding hydrogens is 282 g/mol. The molecule has 1 aromatic carbocycles. The Balaban J connectivity index is 2.18. The van der Waals surface area contributed by atoms with Crippen molar-refractivity contribution in [2.45, 2.75) is 33.7 Å². The summed E-state index contributed by atoms with van der Waals surface area (Å²) in [6, 6.07) is 6.11. The molecule has 1 heterocycles. The lowest BCUT2D eigenvalue weighted by molar-refractivity contribution is 0.293. The number of para-hydroxylation sites is 1. The summed E-state index contributed by atoms with van der Waals surface area (Å²) in [4.78, 5) is 5.72. The van der Waals surface area contributed by atoms with Gasteiger partial charge in [-0.1, -0.05) is 19.9 Å². The highest BCUT2D eigenvalue weighted by Gasteiger charge is 2.09. The molecule has 0 amide bonds. The Hall–Kier alpha value is -1.33. The first-order valence-corrected chi connectivity index (χ1v) is 8.18. The van der Waals surface area contributed by atoms with Crippen LogP contribution in [0.15, 0.2) is 18.2 Å². The summed E-state index contributed by atoms with van der Waals surface area (Å²) in [5.74, 6) is 0.878. The quantitative estimate of drug-likeness (QED) is 0.752. The fraction of sp³-hybridized carbons (Fsp3) is 0.562. The van der Waals surface area contributed by atoms with Gasteiger partial charge >= 0.3 is 0 Å². The van der Waals surface area contributed by atoms with E-state index in [4.69, 9.17) is 17.0 Å². The first kappa shape index (κ1) is 16.0. The average Bonchev–Trinajstić information content (AvgIpc) is 2.81. The zero-order valence-electron chi connectivity index (χ0n) is 13.2. The average molecular weight is 307 g/mol. The van der Waals surface area contributed by atoms with Crippen molar-refractivity contribution in [1.82, 2.24) is 14.5 Å². The molecule has 1 aromatic heterocycles. The number of nitrogens with zero attached hydrogens (tertiary/aromatic N) is 2. The van der Waals surface area contributed by atoms with Crippen LogP contribution in [0.4, 0.5) is 0 Å². The Labute approximate surface area is 131 Å². The van der Waals surface area contributed by atoms with Gasteiger partial charge in [0.25, 0.3) is 0 Å². The first-order valence-electron chi connectivity index (χ1n) is 7.77. The number of benzene rings is 1. The van der Waals surface area contributed by atoms with Crippen molar-refractivity contribution in [3.05, 3.63) is 23.0 Å². The number of fused-ring (bicyclic) bond motifs is 1. The topological polar surface area (TPSA) is 33.2 Å². The predicted octanol–water partition coefficient (Wildman–Crippen LogP) is 3.83. The van der Waals surface area contributed by atoms with Gasteiger partial charge in [0.2, 0.25) is 0 Å². The molecule has 1 N–H and O–H groups in total. The summed E-state index contributed by atoms with van der Waals surface area (Å²) in [5.41, 5.74) is 2.14. The molecule has 0 fully saturated rings. The maximum atomic E-state index is 5.67. The molecule has 0 saturated heterocycles. The van der Waals surface area contributed by atoms with Crippen molar-refractivity contribution in [2.24, 2.45) is 0 Å². The van der Waals surface area contributed by atoms with Crippen LogP contribution in [0.2, 0.25) is 0 Å². The summed E-state index contributed by atoms with van der Waals surface area (Å²) in [6.45, 7) is 11.3. The Morgan fingerprint density at radius 2 is 2.00 bits per heavy atom. The second-order valence-electron chi connectivity index (χ2n) is 5.05. The molecule has 0 bridgehead atoms. The minimum atomic E-state index is 0.660. The highest BCUT2D eigenvalue weighted by Crippen LogP contribution is 2.25. The van der Waals surface area contributed by atoms with E-state index in [1.807, 2.05) is 19.1 Å². The molecule has 0 aliphatic rings. The lowest BCUT2D eigenvalue weighted by Crippen LogP contribution is -2.24. The van der Waals surface area contributed by atoms with E-state index >= 15 is 0 Å². The lowest BCUT2D eigenvalue weighted by Gasteiger charge is -2.17. The van der Waals surface area contributed by atoms with Gasteiger partial charge in [0.15, 0.2) is 4.77 Å². The van der Waals surface area contributed by atoms with E-state index in [1.165, 1.54) is 0 Å². The van der Waals surface area contributed by atoms with E-state index in [0.29, 0.717) is 6.61 Å². The maximum absolute atomic E-state index is 5.67. The van der Waals surface area contributed by atoms with Crippen molar-refractivity contribution in [3.63, 3.8) is 0 Å². The van der Waals surface area contributed by atoms with E-state index in [-0.39, 0.29) is 0 Å². The Bertz CT molecular complexity index is 628. The van der Waals surface area contributed by atoms with E-state index in [1.54, 1.807) is 0 Å². The number of hydrogen-bond donors (Lipinski definition) is 1. The summed E-state index contributed by atoms with van der Waals surface area (Å²) < 4.78 is 8.62. The zero-order valence-corrected chi connectivity index (χ0v) is 14.0. The minimum absolute atomic E-state index is 0.660. The molecule has 116 valence electrons. The summed E-state index contributed by atoms with van der Waals surface area (Å²) in [7, 11) is 0. The molecule has 2 aromatic rings. The molecule has 5 heteroatoms. The fourth-order valence-electron chi connectivity index (χ4n) is 2.64. The molecule has 0 aliphatic carbocycles. The summed E-state index contributed by atoms with van der Waals surface area (Å²) >= 11 is 5.47. The third-order valence-corrected chi connectivity index (χ3v) is 4.14. The van der Waals surface area contributed by atoms with Crippen LogP contribution in [0.5, 0.6) is 5.75 Å². The Kier molecular flexibility index (Phi) is 5.82. The fourth-order valence-corrected chi connectivity index (χ4v) is 2.94. The third kappa shape index (κ3) is 3.66. The van der Waals surface area contributed by atoms with Crippen molar-refractivity contribution >= 4 is 23.3 Å². The number of ether oxygens (including phenoxy) is 1. The van der Waals surface area contributed by atoms with E-state index < -0.39 is 0 Å². The molecule has 0 aliphatic heterocycles. The van der Waals surface area contributed by atoms with Crippen LogP contribution in [0.1, 0.15) is 27.2 Å². The second kappa shape index (κ2) is 7.61. The molecule has 21 heavy (non-hydrogen) atoms. The van der Waals surface area contributed by atoms with Gasteiger partial charge in [-0.25, -0.2) is 0 Å². The highest BCUT2D eigenvalue weighted by molar-refractivity contribution is 7.71. The monoisotopic (exact) mass is 307 g/mol. The Morgan fingerprint density at radius 3 is 2.67 bits per heavy atom. The zero-order chi connectivity index (χ0) is 15.2. The lowest BCUT2D eigenvalue weighted by atomic mass is 10.3. The van der Waals surface area contributed by atoms with E-state index in [0.717, 1.165) is 54.2 Å². The molecule has 0 unspecified atom stereocenters. The molecule has 0 radical (unpaired) electrons. The number of imidazole rings is 1. The van der Waals surface area contributed by atoms with Crippen LogP contribution in [0.25, 0.3) is 11.0 Å². The van der Waals surface area contributed by atoms with Crippen LogP contribution in [-0.4, -0.2) is 40.7 Å². The van der Waals surface area contributed by atoms with Crippen LogP contribution in [0.3, 0.4) is 0 Å². The molecular formula is C16H25N3OS. The highest BCUT2D eigenvalue weighted by atomic mass is 32.1. The van der Waals surface area contributed by atoms with Crippen molar-refractivity contribution < 1.29 is 4.74 Å². The first-order chi connectivity index (χ1) is 10.2. The van der Waals surface area contributed by atoms with Crippen LogP contribution < -0.4 is 4.74 Å². The van der Waals surface area contributed by atoms with Gasteiger partial charge < -0.3 is 19.2 Å². The van der Waals surface area contributed by atoms with Crippen molar-refractivity contribution in [3.8, 4) is 5.75 Å². The largest absolute Gasteiger partial charge is 0.492 e. The maximum Gasteiger partial charge on any atom is 0.178 e. The van der Waals surface area contributed by atoms with Crippen LogP contribution >= 0.6 is 12.2 Å². The van der Waals surface area contributed by atoms with Crippen molar-refractivity contribution in [2.75, 3.05) is 26.2 Å². The molecule has 4 nitrogen and oxygen atoms in total. The van der Waals surface area contributed by atoms with Gasteiger partial charge in [0.1, 0.15) is 11.3 Å². The smallest absolute Gasteiger partial charge is 0.178 e. The van der Waals surface area contributed by atoms with Gasteiger partial charge in [0, 0.05) is 6.54 Å². The number of nitrogens with one attached hydrogen (secondary N) is 1. The molecule has 0 saturated carbocycles.